The van der Waals surface area contributed by atoms with Crippen molar-refractivity contribution in [1.29, 1.82) is 0 Å². The van der Waals surface area contributed by atoms with Crippen molar-refractivity contribution in [2.24, 2.45) is 0 Å². The lowest BCUT2D eigenvalue weighted by Gasteiger charge is -2.17. The standard InChI is InChI=1S/C18H13FN2O3S/c19-12-5-7-13(8-6-12)24-16-9-4-11(10-20-16)18(23)21-14-2-1-3-15(25)17(14)22/h1-2,4-10,14H,3H2,(H,21,23). The van der Waals surface area contributed by atoms with Crippen molar-refractivity contribution in [2.45, 2.75) is 12.5 Å². The van der Waals surface area contributed by atoms with E-state index in [1.165, 1.54) is 42.6 Å². The highest BCUT2D eigenvalue weighted by atomic mass is 32.1. The zero-order chi connectivity index (χ0) is 17.8. The highest BCUT2D eigenvalue weighted by molar-refractivity contribution is 7.82. The van der Waals surface area contributed by atoms with Gasteiger partial charge in [0.05, 0.1) is 10.4 Å². The number of hydrogen-bond acceptors (Lipinski definition) is 5. The molecule has 0 saturated heterocycles. The fraction of sp³-hybridized carbons (Fsp3) is 0.111. The third kappa shape index (κ3) is 4.13. The molecule has 7 heteroatoms. The summed E-state index contributed by atoms with van der Waals surface area (Å²) in [5.41, 5.74) is 0.282. The first kappa shape index (κ1) is 16.9. The summed E-state index contributed by atoms with van der Waals surface area (Å²) >= 11 is 4.96. The first-order valence-corrected chi connectivity index (χ1v) is 7.88. The van der Waals surface area contributed by atoms with Gasteiger partial charge in [0.25, 0.3) is 5.91 Å². The largest absolute Gasteiger partial charge is 0.439 e. The molecule has 1 amide bonds. The molecule has 1 atom stereocenters. The van der Waals surface area contributed by atoms with E-state index in [1.807, 2.05) is 0 Å². The molecule has 1 aromatic carbocycles. The van der Waals surface area contributed by atoms with Crippen LogP contribution in [-0.4, -0.2) is 27.6 Å². The summed E-state index contributed by atoms with van der Waals surface area (Å²) < 4.78 is 18.3. The van der Waals surface area contributed by atoms with Gasteiger partial charge in [0.2, 0.25) is 5.88 Å². The number of carbonyl (C=O) groups is 2. The molecule has 2 aromatic rings. The van der Waals surface area contributed by atoms with E-state index in [4.69, 9.17) is 17.0 Å². The van der Waals surface area contributed by atoms with E-state index < -0.39 is 11.9 Å². The number of pyridine rings is 1. The minimum Gasteiger partial charge on any atom is -0.439 e. The molecule has 0 bridgehead atoms. The van der Waals surface area contributed by atoms with Crippen LogP contribution in [0.3, 0.4) is 0 Å². The van der Waals surface area contributed by atoms with Gasteiger partial charge in [-0.25, -0.2) is 9.37 Å². The van der Waals surface area contributed by atoms with Crippen LogP contribution in [0.4, 0.5) is 4.39 Å². The molecule has 1 N–H and O–H groups in total. The van der Waals surface area contributed by atoms with Gasteiger partial charge < -0.3 is 10.1 Å². The molecule has 5 nitrogen and oxygen atoms in total. The van der Waals surface area contributed by atoms with E-state index in [1.54, 1.807) is 12.2 Å². The fourth-order valence-corrected chi connectivity index (χ4v) is 2.43. The van der Waals surface area contributed by atoms with Crippen LogP contribution in [-0.2, 0) is 4.79 Å². The van der Waals surface area contributed by atoms with Crippen molar-refractivity contribution in [1.82, 2.24) is 10.3 Å². The number of rotatable bonds is 4. The predicted octanol–water partition coefficient (Wildman–Crippen LogP) is 3.01. The number of benzene rings is 1. The highest BCUT2D eigenvalue weighted by Gasteiger charge is 2.24. The Morgan fingerprint density at radius 1 is 1.24 bits per heavy atom. The molecule has 1 unspecified atom stereocenters. The van der Waals surface area contributed by atoms with Gasteiger partial charge in [0, 0.05) is 18.7 Å². The second kappa shape index (κ2) is 7.31. The molecule has 0 spiro atoms. The molecule has 0 aliphatic heterocycles. The monoisotopic (exact) mass is 356 g/mol. The predicted molar refractivity (Wildman–Crippen MR) is 93.3 cm³/mol. The lowest BCUT2D eigenvalue weighted by molar-refractivity contribution is -0.113. The second-order valence-corrected chi connectivity index (χ2v) is 5.80. The van der Waals surface area contributed by atoms with Crippen molar-refractivity contribution < 1.29 is 18.7 Å². The summed E-state index contributed by atoms with van der Waals surface area (Å²) in [6.07, 6.45) is 5.14. The Labute approximate surface area is 148 Å². The SMILES string of the molecule is O=C(NC1C=CCC(=S)C1=O)c1ccc(Oc2ccc(F)cc2)nc1. The van der Waals surface area contributed by atoms with Gasteiger partial charge in [-0.15, -0.1) is 0 Å². The Balaban J connectivity index is 1.65. The first-order chi connectivity index (χ1) is 12.0. The smallest absolute Gasteiger partial charge is 0.253 e. The summed E-state index contributed by atoms with van der Waals surface area (Å²) in [7, 11) is 0. The summed E-state index contributed by atoms with van der Waals surface area (Å²) in [4.78, 5) is 28.5. The Morgan fingerprint density at radius 3 is 2.68 bits per heavy atom. The quantitative estimate of drug-likeness (QED) is 0.674. The summed E-state index contributed by atoms with van der Waals surface area (Å²) in [5, 5.41) is 2.61. The average molecular weight is 356 g/mol. The average Bonchev–Trinajstić information content (AvgIpc) is 2.61. The number of halogens is 1. The van der Waals surface area contributed by atoms with Gasteiger partial charge in [-0.2, -0.15) is 0 Å². The molecule has 1 aromatic heterocycles. The number of thiocarbonyl (C=S) groups is 1. The second-order valence-electron chi connectivity index (χ2n) is 5.31. The van der Waals surface area contributed by atoms with Gasteiger partial charge in [-0.1, -0.05) is 24.4 Å². The number of ether oxygens (including phenoxy) is 1. The molecule has 1 aliphatic carbocycles. The topological polar surface area (TPSA) is 68.3 Å². The van der Waals surface area contributed by atoms with E-state index in [2.05, 4.69) is 10.3 Å². The fourth-order valence-electron chi connectivity index (χ4n) is 2.21. The van der Waals surface area contributed by atoms with Crippen molar-refractivity contribution in [3.05, 3.63) is 66.1 Å². The number of carbonyl (C=O) groups excluding carboxylic acids is 2. The van der Waals surface area contributed by atoms with E-state index in [0.717, 1.165) is 0 Å². The zero-order valence-corrected chi connectivity index (χ0v) is 13.8. The number of hydrogen-bond donors (Lipinski definition) is 1. The normalized spacial score (nSPS) is 16.6. The Kier molecular flexibility index (Phi) is 4.95. The van der Waals surface area contributed by atoms with Crippen LogP contribution >= 0.6 is 12.2 Å². The summed E-state index contributed by atoms with van der Waals surface area (Å²) in [6.45, 7) is 0. The summed E-state index contributed by atoms with van der Waals surface area (Å²) in [6, 6.07) is 7.79. The number of amides is 1. The van der Waals surface area contributed by atoms with E-state index in [9.17, 15) is 14.0 Å². The van der Waals surface area contributed by atoms with Crippen LogP contribution in [0.5, 0.6) is 11.6 Å². The van der Waals surface area contributed by atoms with Gasteiger partial charge in [-0.05, 0) is 30.3 Å². The van der Waals surface area contributed by atoms with Crippen molar-refractivity contribution >= 4 is 28.8 Å². The van der Waals surface area contributed by atoms with Gasteiger partial charge in [0.1, 0.15) is 17.6 Å². The Bertz CT molecular complexity index is 848. The van der Waals surface area contributed by atoms with Crippen LogP contribution in [0, 0.1) is 5.82 Å². The lowest BCUT2D eigenvalue weighted by Crippen LogP contribution is -2.43. The van der Waals surface area contributed by atoms with Crippen molar-refractivity contribution in [2.75, 3.05) is 0 Å². The number of Topliss-reactive ketones (excluding diaryl/α,β-unsaturated/α-hetero) is 1. The van der Waals surface area contributed by atoms with Crippen molar-refractivity contribution in [3.8, 4) is 11.6 Å². The molecule has 3 rings (SSSR count). The van der Waals surface area contributed by atoms with Crippen molar-refractivity contribution in [3.63, 3.8) is 0 Å². The number of nitrogens with zero attached hydrogens (tertiary/aromatic N) is 1. The number of ketones is 1. The number of aromatic nitrogens is 1. The molecule has 0 radical (unpaired) electrons. The van der Waals surface area contributed by atoms with Crippen LogP contribution in [0.15, 0.2) is 54.7 Å². The molecular formula is C18H13FN2O3S. The minimum atomic E-state index is -0.746. The van der Waals surface area contributed by atoms with Gasteiger partial charge in [0.15, 0.2) is 5.78 Å². The summed E-state index contributed by atoms with van der Waals surface area (Å²) in [5.74, 6) is -0.378. The third-order valence-electron chi connectivity index (χ3n) is 3.51. The van der Waals surface area contributed by atoms with Crippen LogP contribution in [0.1, 0.15) is 16.8 Å². The zero-order valence-electron chi connectivity index (χ0n) is 12.9. The minimum absolute atomic E-state index is 0.262. The Hall–Kier alpha value is -2.93. The molecule has 0 fully saturated rings. The van der Waals surface area contributed by atoms with E-state index in [-0.39, 0.29) is 23.0 Å². The van der Waals surface area contributed by atoms with Crippen LogP contribution in [0.2, 0.25) is 0 Å². The molecule has 1 heterocycles. The molecule has 0 saturated carbocycles. The van der Waals surface area contributed by atoms with Gasteiger partial charge >= 0.3 is 0 Å². The molecule has 25 heavy (non-hydrogen) atoms. The first-order valence-electron chi connectivity index (χ1n) is 7.47. The molecule has 1 aliphatic rings. The number of nitrogens with one attached hydrogen (secondary N) is 1. The maximum Gasteiger partial charge on any atom is 0.253 e. The maximum atomic E-state index is 12.9. The van der Waals surface area contributed by atoms with E-state index in [0.29, 0.717) is 17.0 Å². The van der Waals surface area contributed by atoms with Crippen LogP contribution < -0.4 is 10.1 Å². The highest BCUT2D eigenvalue weighted by Crippen LogP contribution is 2.19. The lowest BCUT2D eigenvalue weighted by atomic mass is 10.0. The van der Waals surface area contributed by atoms with Crippen LogP contribution in [0.25, 0.3) is 0 Å². The Morgan fingerprint density at radius 2 is 2.00 bits per heavy atom. The molecular weight excluding hydrogens is 343 g/mol. The maximum absolute atomic E-state index is 12.9. The van der Waals surface area contributed by atoms with E-state index >= 15 is 0 Å². The molecule has 126 valence electrons. The number of allylic oxidation sites excluding steroid dienone is 1. The third-order valence-corrected chi connectivity index (χ3v) is 3.88. The van der Waals surface area contributed by atoms with Gasteiger partial charge in [-0.3, -0.25) is 9.59 Å².